The average molecular weight is 1050 g/mol. The maximum atomic E-state index is 11.6. The smallest absolute Gasteiger partial charge is 0.229 e. The Morgan fingerprint density at radius 2 is 0.880 bits per heavy atom. The Labute approximate surface area is 456 Å². The summed E-state index contributed by atoms with van der Waals surface area (Å²) in [6.45, 7) is 46.4. The number of primary amides is 1. The van der Waals surface area contributed by atoms with Crippen molar-refractivity contribution in [3.63, 3.8) is 0 Å². The highest BCUT2D eigenvalue weighted by atomic mass is 16.2. The minimum absolute atomic E-state index is 0.0405. The van der Waals surface area contributed by atoms with E-state index in [0.717, 1.165) is 24.3 Å². The molecule has 0 radical (unpaired) electrons. The van der Waals surface area contributed by atoms with Crippen LogP contribution in [0, 0.1) is 37.9 Å². The summed E-state index contributed by atoms with van der Waals surface area (Å²) in [4.78, 5) is 80.3. The van der Waals surface area contributed by atoms with Crippen LogP contribution in [0.2, 0.25) is 0 Å². The Bertz CT molecular complexity index is 1970. The molecule has 75 heavy (non-hydrogen) atoms. The Kier molecular flexibility index (Phi) is 33.2. The number of rotatable bonds is 5. The van der Waals surface area contributed by atoms with Crippen LogP contribution in [-0.4, -0.2) is 78.5 Å². The fraction of sp³-hybridized carbons (Fsp3) is 0.689. The Balaban J connectivity index is -0.000000816. The number of hydrogen-bond donors (Lipinski definition) is 6. The largest absolute Gasteiger partial charge is 0.369 e. The molecule has 7 amide bonds. The van der Waals surface area contributed by atoms with E-state index >= 15 is 0 Å². The number of nitrogens with zero attached hydrogens (tertiary/aromatic N) is 1. The summed E-state index contributed by atoms with van der Waals surface area (Å²) in [6.07, 6.45) is 7.25. The molecule has 1 aliphatic heterocycles. The summed E-state index contributed by atoms with van der Waals surface area (Å²) in [5, 5.41) is 14.2. The third-order valence-corrected chi connectivity index (χ3v) is 10.8. The van der Waals surface area contributed by atoms with E-state index in [4.69, 9.17) is 5.73 Å². The van der Waals surface area contributed by atoms with Gasteiger partial charge in [-0.3, -0.25) is 33.6 Å². The van der Waals surface area contributed by atoms with Crippen LogP contribution in [0.4, 0.5) is 5.69 Å². The van der Waals surface area contributed by atoms with Gasteiger partial charge in [0.2, 0.25) is 41.4 Å². The molecule has 14 heteroatoms. The fourth-order valence-electron chi connectivity index (χ4n) is 5.60. The predicted molar refractivity (Wildman–Crippen MR) is 312 cm³/mol. The van der Waals surface area contributed by atoms with Crippen molar-refractivity contribution < 1.29 is 33.6 Å². The molecule has 7 N–H and O–H groups in total. The van der Waals surface area contributed by atoms with Crippen molar-refractivity contribution in [2.75, 3.05) is 25.5 Å². The molecule has 1 saturated carbocycles. The maximum absolute atomic E-state index is 11.6. The predicted octanol–water partition coefficient (Wildman–Crippen LogP) is 11.6. The number of likely N-dealkylation sites (tertiary alicyclic amines) is 1. The van der Waals surface area contributed by atoms with Gasteiger partial charge < -0.3 is 37.2 Å². The normalized spacial score (nSPS) is 13.7. The number of carbonyl (C=O) groups is 7. The van der Waals surface area contributed by atoms with Gasteiger partial charge in [0.05, 0.1) is 0 Å². The van der Waals surface area contributed by atoms with Gasteiger partial charge in [-0.05, 0) is 57.2 Å². The van der Waals surface area contributed by atoms with Crippen molar-refractivity contribution in [2.45, 2.75) is 216 Å². The minimum Gasteiger partial charge on any atom is -0.369 e. The first-order valence-corrected chi connectivity index (χ1v) is 26.9. The van der Waals surface area contributed by atoms with E-state index in [2.05, 4.69) is 26.6 Å². The highest BCUT2D eigenvalue weighted by Crippen LogP contribution is 2.22. The molecular weight excluding hydrogens is 943 g/mol. The number of amides is 7. The number of hydrogen-bond acceptors (Lipinski definition) is 7. The van der Waals surface area contributed by atoms with Crippen LogP contribution in [-0.2, 0) is 40.1 Å². The molecular formula is C61H109N7O7. The van der Waals surface area contributed by atoms with Gasteiger partial charge in [0.15, 0.2) is 0 Å². The first-order chi connectivity index (χ1) is 33.8. The van der Waals surface area contributed by atoms with Gasteiger partial charge in [0, 0.05) is 82.4 Å². The first kappa shape index (κ1) is 74.0. The number of benzene rings is 2. The number of para-hydroxylation sites is 1. The monoisotopic (exact) mass is 1050 g/mol. The Hall–Kier alpha value is -5.27. The molecule has 2 aromatic rings. The fourth-order valence-corrected chi connectivity index (χ4v) is 5.60. The molecule has 2 aliphatic rings. The Morgan fingerprint density at radius 3 is 1.17 bits per heavy atom. The van der Waals surface area contributed by atoms with Crippen molar-refractivity contribution in [1.29, 1.82) is 0 Å². The molecule has 14 nitrogen and oxygen atoms in total. The number of nitrogens with one attached hydrogen (secondary N) is 5. The van der Waals surface area contributed by atoms with Crippen LogP contribution in [0.1, 0.15) is 203 Å². The van der Waals surface area contributed by atoms with E-state index in [0.29, 0.717) is 18.5 Å². The summed E-state index contributed by atoms with van der Waals surface area (Å²) in [6, 6.07) is 20.1. The van der Waals surface area contributed by atoms with Crippen LogP contribution in [0.5, 0.6) is 0 Å². The van der Waals surface area contributed by atoms with Gasteiger partial charge in [-0.1, -0.05) is 207 Å². The van der Waals surface area contributed by atoms with Gasteiger partial charge in [-0.25, -0.2) is 0 Å². The number of nitrogens with two attached hydrogens (primary N) is 1. The lowest BCUT2D eigenvalue weighted by Crippen LogP contribution is -2.40. The molecule has 2 fully saturated rings. The van der Waals surface area contributed by atoms with Crippen molar-refractivity contribution in [3.05, 3.63) is 66.2 Å². The van der Waals surface area contributed by atoms with Gasteiger partial charge in [-0.15, -0.1) is 0 Å². The summed E-state index contributed by atoms with van der Waals surface area (Å²) < 4.78 is 0. The zero-order valence-electron chi connectivity index (χ0n) is 51.7. The SMILES string of the molecule is CC(C)(C)C(=O)N1CCCC1.CC(C)(C)C(=O)NC1CCCC1.CC(C)(C)C(=O)NCc1ccccc1.CC(C)(C)C(=O)Nc1ccccc1.CC(C)(C)C(N)=O.CC(C)NC(=O)C(C)(C)C.CNC(=O)C(C)(C)C. The van der Waals surface area contributed by atoms with Crippen LogP contribution in [0.25, 0.3) is 0 Å². The second-order valence-corrected chi connectivity index (χ2v) is 26.8. The van der Waals surface area contributed by atoms with Crippen molar-refractivity contribution in [3.8, 4) is 0 Å². The lowest BCUT2D eigenvalue weighted by molar-refractivity contribution is -0.138. The molecule has 1 aliphatic carbocycles. The molecule has 0 spiro atoms. The lowest BCUT2D eigenvalue weighted by Gasteiger charge is -2.25. The van der Waals surface area contributed by atoms with Crippen molar-refractivity contribution >= 4 is 47.0 Å². The molecule has 0 atom stereocenters. The molecule has 1 heterocycles. The van der Waals surface area contributed by atoms with Crippen LogP contribution >= 0.6 is 0 Å². The van der Waals surface area contributed by atoms with Crippen LogP contribution in [0.15, 0.2) is 60.7 Å². The second-order valence-electron chi connectivity index (χ2n) is 26.8. The highest BCUT2D eigenvalue weighted by molar-refractivity contribution is 5.94. The summed E-state index contributed by atoms with van der Waals surface area (Å²) in [5.74, 6) is 0.553. The van der Waals surface area contributed by atoms with Crippen molar-refractivity contribution in [1.82, 2.24) is 26.2 Å². The quantitative estimate of drug-likeness (QED) is 0.171. The summed E-state index contributed by atoms with van der Waals surface area (Å²) in [5.41, 5.74) is 4.98. The number of carbonyl (C=O) groups excluding carboxylic acids is 7. The van der Waals surface area contributed by atoms with E-state index < -0.39 is 0 Å². The standard InChI is InChI=1S/C12H17NO.C11H15NO.C10H19NO.C9H17NO.C8H17NO.C6H13NO.C5H11NO/c1-12(2,3)11(14)13-9-10-7-5-4-6-8-10;1-11(2,3)10(13)12-9-7-5-4-6-8-9;1-10(2,3)9(12)11-8-6-4-5-7-8;1-9(2,3)8(11)10-6-4-5-7-10;1-6(2)9-7(10)8(3,4)5;1-6(2,3)5(8)7-4;1-5(2,3)4(6)7/h4-8H,9H2,1-3H3,(H,13,14);4-8H,1-3H3,(H,12,13);8H,4-7H2,1-3H3,(H,11,12);4-7H2,1-3H3;6H,1-5H3,(H,9,10);1-4H3,(H,7,8);1-3H3,(H2,6,7). The van der Waals surface area contributed by atoms with E-state index in [1.807, 2.05) is 204 Å². The summed E-state index contributed by atoms with van der Waals surface area (Å²) in [7, 11) is 1.65. The minimum atomic E-state index is -0.361. The molecule has 1 saturated heterocycles. The van der Waals surface area contributed by atoms with E-state index in [-0.39, 0.29) is 79.4 Å². The molecule has 430 valence electrons. The lowest BCUT2D eigenvalue weighted by atomic mass is 9.95. The van der Waals surface area contributed by atoms with E-state index in [9.17, 15) is 33.6 Å². The van der Waals surface area contributed by atoms with Gasteiger partial charge in [-0.2, -0.15) is 0 Å². The second kappa shape index (κ2) is 33.7. The van der Waals surface area contributed by atoms with Crippen LogP contribution < -0.4 is 32.3 Å². The first-order valence-electron chi connectivity index (χ1n) is 26.9. The molecule has 0 unspecified atom stereocenters. The Morgan fingerprint density at radius 1 is 0.507 bits per heavy atom. The zero-order valence-corrected chi connectivity index (χ0v) is 51.7. The number of anilines is 1. The maximum Gasteiger partial charge on any atom is 0.229 e. The van der Waals surface area contributed by atoms with E-state index in [1.165, 1.54) is 38.5 Å². The topological polar surface area (TPSA) is 209 Å². The molecule has 0 aromatic heterocycles. The molecule has 0 bridgehead atoms. The third-order valence-electron chi connectivity index (χ3n) is 10.8. The van der Waals surface area contributed by atoms with E-state index in [1.54, 1.807) is 27.8 Å². The van der Waals surface area contributed by atoms with Gasteiger partial charge in [0.1, 0.15) is 0 Å². The van der Waals surface area contributed by atoms with Gasteiger partial charge in [0.25, 0.3) is 0 Å². The molecule has 4 rings (SSSR count). The molecule has 2 aromatic carbocycles. The average Bonchev–Trinajstić information content (AvgIpc) is 4.00. The zero-order chi connectivity index (χ0) is 59.4. The third kappa shape index (κ3) is 38.0. The van der Waals surface area contributed by atoms with Gasteiger partial charge >= 0.3 is 0 Å². The van der Waals surface area contributed by atoms with Crippen LogP contribution in [0.3, 0.4) is 0 Å². The van der Waals surface area contributed by atoms with Crippen molar-refractivity contribution in [2.24, 2.45) is 43.6 Å². The summed E-state index contributed by atoms with van der Waals surface area (Å²) >= 11 is 0. The highest BCUT2D eigenvalue weighted by Gasteiger charge is 2.29.